The fourth-order valence-corrected chi connectivity index (χ4v) is 4.69. The van der Waals surface area contributed by atoms with Crippen molar-refractivity contribution in [3.63, 3.8) is 0 Å². The molecule has 2 unspecified atom stereocenters. The van der Waals surface area contributed by atoms with Gasteiger partial charge in [0, 0.05) is 18.6 Å². The van der Waals surface area contributed by atoms with Crippen LogP contribution in [0.5, 0.6) is 0 Å². The molecule has 26 heavy (non-hydrogen) atoms. The van der Waals surface area contributed by atoms with Gasteiger partial charge in [0.1, 0.15) is 6.61 Å². The summed E-state index contributed by atoms with van der Waals surface area (Å²) in [6.45, 7) is 6.87. The highest BCUT2D eigenvalue weighted by molar-refractivity contribution is 7.51. The Hall–Kier alpha value is -1.40. The Morgan fingerprint density at radius 1 is 1.23 bits per heavy atom. The van der Waals surface area contributed by atoms with Crippen molar-refractivity contribution >= 4 is 13.8 Å². The molecule has 0 saturated carbocycles. The molecule has 0 aliphatic carbocycles. The lowest BCUT2D eigenvalue weighted by Crippen LogP contribution is -2.54. The van der Waals surface area contributed by atoms with Gasteiger partial charge in [-0.3, -0.25) is 9.05 Å². The molecule has 146 valence electrons. The third kappa shape index (κ3) is 5.81. The molecule has 0 aromatic heterocycles. The Morgan fingerprint density at radius 3 is 2.50 bits per heavy atom. The quantitative estimate of drug-likeness (QED) is 0.684. The Morgan fingerprint density at radius 2 is 1.88 bits per heavy atom. The number of ether oxygens (including phenoxy) is 1. The van der Waals surface area contributed by atoms with E-state index in [1.165, 1.54) is 0 Å². The highest BCUT2D eigenvalue weighted by Gasteiger charge is 2.37. The molecule has 1 saturated heterocycles. The summed E-state index contributed by atoms with van der Waals surface area (Å²) in [5.74, 6) is 0. The van der Waals surface area contributed by atoms with E-state index < -0.39 is 7.75 Å². The Kier molecular flexibility index (Phi) is 8.10. The lowest BCUT2D eigenvalue weighted by Gasteiger charge is -2.39. The number of benzene rings is 1. The highest BCUT2D eigenvalue weighted by atomic mass is 31.2. The van der Waals surface area contributed by atoms with Gasteiger partial charge in [-0.2, -0.15) is 0 Å². The van der Waals surface area contributed by atoms with Gasteiger partial charge in [-0.15, -0.1) is 0 Å². The standard InChI is InChI=1S/C18H29N2O5P/c1-4-24-26(22,25-5-2)19-17-12-9-13-20(15(17)3)18(21)23-14-16-10-7-6-8-11-16/h6-8,10-11,15,17H,4-5,9,12-14H2,1-3H3,(H,19,22). The van der Waals surface area contributed by atoms with Gasteiger partial charge in [0.15, 0.2) is 0 Å². The molecule has 2 atom stereocenters. The maximum atomic E-state index is 12.7. The van der Waals surface area contributed by atoms with E-state index in [9.17, 15) is 9.36 Å². The van der Waals surface area contributed by atoms with Gasteiger partial charge >= 0.3 is 13.8 Å². The van der Waals surface area contributed by atoms with Crippen LogP contribution in [0.3, 0.4) is 0 Å². The Bertz CT molecular complexity index is 603. The predicted molar refractivity (Wildman–Crippen MR) is 99.8 cm³/mol. The van der Waals surface area contributed by atoms with Crippen LogP contribution in [0.25, 0.3) is 0 Å². The van der Waals surface area contributed by atoms with Crippen LogP contribution in [0.1, 0.15) is 39.2 Å². The molecule has 1 aliphatic heterocycles. The zero-order valence-electron chi connectivity index (χ0n) is 15.7. The van der Waals surface area contributed by atoms with E-state index in [1.54, 1.807) is 18.7 Å². The minimum atomic E-state index is -3.37. The minimum absolute atomic E-state index is 0.179. The maximum Gasteiger partial charge on any atom is 0.410 e. The topological polar surface area (TPSA) is 77.1 Å². The summed E-state index contributed by atoms with van der Waals surface area (Å²) in [6, 6.07) is 9.20. The number of carbonyl (C=O) groups excluding carboxylic acids is 1. The summed E-state index contributed by atoms with van der Waals surface area (Å²) in [5.41, 5.74) is 0.942. The van der Waals surface area contributed by atoms with Crippen molar-refractivity contribution in [2.75, 3.05) is 19.8 Å². The van der Waals surface area contributed by atoms with Gasteiger partial charge in [-0.1, -0.05) is 30.3 Å². The van der Waals surface area contributed by atoms with E-state index in [-0.39, 0.29) is 38.0 Å². The molecule has 1 aromatic rings. The summed E-state index contributed by atoms with van der Waals surface area (Å²) in [4.78, 5) is 14.2. The Balaban J connectivity index is 1.96. The van der Waals surface area contributed by atoms with Gasteiger partial charge in [-0.05, 0) is 39.2 Å². The third-order valence-corrected chi connectivity index (χ3v) is 6.19. The van der Waals surface area contributed by atoms with E-state index in [0.29, 0.717) is 6.54 Å². The molecule has 8 heteroatoms. The van der Waals surface area contributed by atoms with Crippen molar-refractivity contribution in [1.82, 2.24) is 9.99 Å². The number of nitrogens with one attached hydrogen (secondary N) is 1. The third-order valence-electron chi connectivity index (χ3n) is 4.35. The average molecular weight is 384 g/mol. The second kappa shape index (κ2) is 10.1. The van der Waals surface area contributed by atoms with Crippen LogP contribution in [-0.2, 0) is 25.0 Å². The van der Waals surface area contributed by atoms with Crippen molar-refractivity contribution < 1.29 is 23.1 Å². The molecule has 1 N–H and O–H groups in total. The van der Waals surface area contributed by atoms with E-state index in [1.807, 2.05) is 37.3 Å². The first-order chi connectivity index (χ1) is 12.5. The predicted octanol–water partition coefficient (Wildman–Crippen LogP) is 3.95. The zero-order valence-corrected chi connectivity index (χ0v) is 16.6. The van der Waals surface area contributed by atoms with Crippen LogP contribution in [0.4, 0.5) is 4.79 Å². The van der Waals surface area contributed by atoms with Crippen LogP contribution in [0.2, 0.25) is 0 Å². The first-order valence-corrected chi connectivity index (χ1v) is 10.7. The van der Waals surface area contributed by atoms with Gasteiger partial charge in [0.2, 0.25) is 0 Å². The summed E-state index contributed by atoms with van der Waals surface area (Å²) >= 11 is 0. The van der Waals surface area contributed by atoms with Gasteiger partial charge in [0.25, 0.3) is 0 Å². The van der Waals surface area contributed by atoms with Crippen LogP contribution >= 0.6 is 7.75 Å². The van der Waals surface area contributed by atoms with Crippen molar-refractivity contribution in [2.24, 2.45) is 0 Å². The molecule has 1 aliphatic rings. The molecular weight excluding hydrogens is 355 g/mol. The summed E-state index contributed by atoms with van der Waals surface area (Å²) < 4.78 is 28.8. The molecule has 2 rings (SSSR count). The van der Waals surface area contributed by atoms with Crippen LogP contribution in [0.15, 0.2) is 30.3 Å². The lowest BCUT2D eigenvalue weighted by atomic mass is 9.99. The van der Waals surface area contributed by atoms with Crippen molar-refractivity contribution in [1.29, 1.82) is 0 Å². The van der Waals surface area contributed by atoms with Crippen LogP contribution in [-0.4, -0.2) is 42.8 Å². The monoisotopic (exact) mass is 384 g/mol. The fraction of sp³-hybridized carbons (Fsp3) is 0.611. The lowest BCUT2D eigenvalue weighted by molar-refractivity contribution is 0.0625. The van der Waals surface area contributed by atoms with Gasteiger partial charge < -0.3 is 9.64 Å². The average Bonchev–Trinajstić information content (AvgIpc) is 2.63. The van der Waals surface area contributed by atoms with E-state index in [2.05, 4.69) is 5.09 Å². The SMILES string of the molecule is CCOP(=O)(NC1CCCN(C(=O)OCc2ccccc2)C1C)OCC. The van der Waals surface area contributed by atoms with Crippen LogP contribution in [0, 0.1) is 0 Å². The number of piperidine rings is 1. The van der Waals surface area contributed by atoms with Crippen molar-refractivity contribution in [3.05, 3.63) is 35.9 Å². The molecule has 0 bridgehead atoms. The number of carbonyl (C=O) groups is 1. The second-order valence-electron chi connectivity index (χ2n) is 6.19. The summed E-state index contributed by atoms with van der Waals surface area (Å²) in [7, 11) is -3.37. The van der Waals surface area contributed by atoms with E-state index in [4.69, 9.17) is 13.8 Å². The highest BCUT2D eigenvalue weighted by Crippen LogP contribution is 2.45. The second-order valence-corrected chi connectivity index (χ2v) is 7.95. The number of nitrogens with zero attached hydrogens (tertiary/aromatic N) is 1. The number of rotatable bonds is 8. The molecule has 7 nitrogen and oxygen atoms in total. The molecule has 0 spiro atoms. The summed E-state index contributed by atoms with van der Waals surface area (Å²) in [6.07, 6.45) is 1.21. The van der Waals surface area contributed by atoms with E-state index in [0.717, 1.165) is 18.4 Å². The molecule has 1 heterocycles. The molecule has 1 amide bonds. The molecule has 0 radical (unpaired) electrons. The zero-order chi connectivity index (χ0) is 19.0. The maximum absolute atomic E-state index is 12.7. The first kappa shape index (κ1) is 20.9. The Labute approximate surface area is 155 Å². The van der Waals surface area contributed by atoms with Gasteiger partial charge in [0.05, 0.1) is 13.2 Å². The van der Waals surface area contributed by atoms with Crippen LogP contribution < -0.4 is 5.09 Å². The number of likely N-dealkylation sites (tertiary alicyclic amines) is 1. The largest absolute Gasteiger partial charge is 0.445 e. The van der Waals surface area contributed by atoms with Crippen molar-refractivity contribution in [2.45, 2.75) is 52.3 Å². The van der Waals surface area contributed by atoms with Crippen molar-refractivity contribution in [3.8, 4) is 0 Å². The number of hydrogen-bond acceptors (Lipinski definition) is 5. The minimum Gasteiger partial charge on any atom is -0.445 e. The molecule has 1 fully saturated rings. The smallest absolute Gasteiger partial charge is 0.410 e. The fourth-order valence-electron chi connectivity index (χ4n) is 3.03. The summed E-state index contributed by atoms with van der Waals surface area (Å²) in [5, 5.41) is 3.00. The number of amides is 1. The first-order valence-electron chi connectivity index (χ1n) is 9.13. The van der Waals surface area contributed by atoms with Gasteiger partial charge in [-0.25, -0.2) is 14.4 Å². The van der Waals surface area contributed by atoms with E-state index >= 15 is 0 Å². The molecule has 1 aromatic carbocycles. The number of hydrogen-bond donors (Lipinski definition) is 1. The molecular formula is C18H29N2O5P. The normalized spacial score (nSPS) is 20.8.